The van der Waals surface area contributed by atoms with E-state index < -0.39 is 33.4 Å². The van der Waals surface area contributed by atoms with Crippen LogP contribution in [0.1, 0.15) is 6.92 Å². The number of nitrogens with one attached hydrogen (secondary N) is 1. The van der Waals surface area contributed by atoms with Crippen LogP contribution in [-0.2, 0) is 14.8 Å². The first-order valence-corrected chi connectivity index (χ1v) is 9.63. The van der Waals surface area contributed by atoms with Crippen LogP contribution in [0.4, 0.5) is 20.2 Å². The Morgan fingerprint density at radius 1 is 1.23 bits per heavy atom. The van der Waals surface area contributed by atoms with Crippen molar-refractivity contribution in [1.82, 2.24) is 0 Å². The fourth-order valence-corrected chi connectivity index (χ4v) is 4.35. The van der Waals surface area contributed by atoms with Crippen molar-refractivity contribution in [1.29, 1.82) is 0 Å². The summed E-state index contributed by atoms with van der Waals surface area (Å²) in [5.41, 5.74) is -0.157. The van der Waals surface area contributed by atoms with Gasteiger partial charge in [0.15, 0.2) is 11.9 Å². The number of nitrogens with zero attached hydrogens (tertiary/aromatic N) is 1. The van der Waals surface area contributed by atoms with Gasteiger partial charge in [0.25, 0.3) is 15.9 Å². The van der Waals surface area contributed by atoms with E-state index in [1.807, 2.05) is 0 Å². The zero-order chi connectivity index (χ0) is 19.2. The number of fused-ring (bicyclic) bond motifs is 1. The molecule has 26 heavy (non-hydrogen) atoms. The summed E-state index contributed by atoms with van der Waals surface area (Å²) in [4.78, 5) is 13.1. The molecule has 1 amide bonds. The van der Waals surface area contributed by atoms with E-state index in [0.29, 0.717) is 10.5 Å². The van der Waals surface area contributed by atoms with Gasteiger partial charge in [-0.2, -0.15) is 0 Å². The van der Waals surface area contributed by atoms with E-state index in [9.17, 15) is 22.0 Å². The molecule has 3 rings (SSSR count). The Labute approximate surface area is 156 Å². The summed E-state index contributed by atoms with van der Waals surface area (Å²) in [6.07, 6.45) is -0.884. The first kappa shape index (κ1) is 18.6. The minimum atomic E-state index is -4.28. The molecule has 1 aliphatic heterocycles. The Morgan fingerprint density at radius 3 is 2.58 bits per heavy atom. The molecule has 0 bridgehead atoms. The third kappa shape index (κ3) is 3.26. The van der Waals surface area contributed by atoms with Crippen molar-refractivity contribution < 1.29 is 26.7 Å². The van der Waals surface area contributed by atoms with Crippen molar-refractivity contribution in [2.45, 2.75) is 17.9 Å². The number of likely N-dealkylation sites (N-methyl/N-ethyl adjacent to an activating group) is 1. The van der Waals surface area contributed by atoms with Gasteiger partial charge in [-0.3, -0.25) is 9.52 Å². The normalized spacial score (nSPS) is 16.9. The van der Waals surface area contributed by atoms with Crippen LogP contribution in [0.15, 0.2) is 39.7 Å². The molecule has 0 saturated carbocycles. The van der Waals surface area contributed by atoms with Crippen LogP contribution in [0.25, 0.3) is 0 Å². The summed E-state index contributed by atoms with van der Waals surface area (Å²) in [7, 11) is -2.79. The van der Waals surface area contributed by atoms with Gasteiger partial charge in [-0.25, -0.2) is 17.2 Å². The predicted octanol–water partition coefficient (Wildman–Crippen LogP) is 3.27. The Kier molecular flexibility index (Phi) is 4.65. The number of rotatable bonds is 3. The zero-order valence-corrected chi connectivity index (χ0v) is 16.0. The maximum Gasteiger partial charge on any atom is 0.267 e. The molecule has 10 heteroatoms. The van der Waals surface area contributed by atoms with Crippen LogP contribution in [0.3, 0.4) is 0 Å². The van der Waals surface area contributed by atoms with E-state index in [2.05, 4.69) is 20.7 Å². The van der Waals surface area contributed by atoms with Crippen LogP contribution < -0.4 is 14.4 Å². The van der Waals surface area contributed by atoms with Crippen LogP contribution in [0, 0.1) is 11.6 Å². The average Bonchev–Trinajstić information content (AvgIpc) is 2.55. The Bertz CT molecular complexity index is 1010. The summed E-state index contributed by atoms with van der Waals surface area (Å²) < 4.78 is 60.4. The molecule has 1 atom stereocenters. The Balaban J connectivity index is 2.11. The van der Waals surface area contributed by atoms with Crippen molar-refractivity contribution >= 4 is 43.2 Å². The van der Waals surface area contributed by atoms with Gasteiger partial charge in [0.1, 0.15) is 16.5 Å². The monoisotopic (exact) mass is 446 g/mol. The fraction of sp³-hybridized carbons (Fsp3) is 0.188. The molecule has 0 radical (unpaired) electrons. The molecule has 0 spiro atoms. The van der Waals surface area contributed by atoms with E-state index in [1.54, 1.807) is 0 Å². The van der Waals surface area contributed by atoms with Gasteiger partial charge in [-0.05, 0) is 31.2 Å². The number of carbonyl (C=O) groups excluding carboxylic acids is 1. The third-order valence-electron chi connectivity index (χ3n) is 3.80. The van der Waals surface area contributed by atoms with Crippen molar-refractivity contribution in [3.05, 3.63) is 46.4 Å². The maximum atomic E-state index is 13.8. The number of hydrogen-bond donors (Lipinski definition) is 1. The minimum Gasteiger partial charge on any atom is -0.477 e. The lowest BCUT2D eigenvalue weighted by molar-refractivity contribution is -0.125. The second kappa shape index (κ2) is 6.51. The molecule has 2 aromatic rings. The van der Waals surface area contributed by atoms with Gasteiger partial charge in [-0.15, -0.1) is 0 Å². The van der Waals surface area contributed by atoms with Crippen molar-refractivity contribution in [2.24, 2.45) is 0 Å². The molecule has 0 saturated heterocycles. The molecule has 138 valence electrons. The van der Waals surface area contributed by atoms with E-state index in [0.717, 1.165) is 12.1 Å². The maximum absolute atomic E-state index is 13.8. The number of benzene rings is 2. The van der Waals surface area contributed by atoms with Gasteiger partial charge in [0.05, 0.1) is 11.4 Å². The average molecular weight is 447 g/mol. The lowest BCUT2D eigenvalue weighted by Gasteiger charge is -2.31. The van der Waals surface area contributed by atoms with Gasteiger partial charge >= 0.3 is 0 Å². The van der Waals surface area contributed by atoms with E-state index in [4.69, 9.17) is 4.74 Å². The third-order valence-corrected chi connectivity index (χ3v) is 5.63. The highest BCUT2D eigenvalue weighted by atomic mass is 79.9. The van der Waals surface area contributed by atoms with E-state index in [1.165, 1.54) is 31.0 Å². The summed E-state index contributed by atoms with van der Waals surface area (Å²) in [6.45, 7) is 1.49. The van der Waals surface area contributed by atoms with E-state index >= 15 is 0 Å². The Morgan fingerprint density at radius 2 is 1.92 bits per heavy atom. The highest BCUT2D eigenvalue weighted by Crippen LogP contribution is 2.41. The molecule has 0 aliphatic carbocycles. The number of hydrogen-bond acceptors (Lipinski definition) is 4. The highest BCUT2D eigenvalue weighted by Gasteiger charge is 2.34. The van der Waals surface area contributed by atoms with Gasteiger partial charge in [0, 0.05) is 17.6 Å². The van der Waals surface area contributed by atoms with Crippen molar-refractivity contribution in [3.63, 3.8) is 0 Å². The first-order chi connectivity index (χ1) is 12.1. The molecule has 1 N–H and O–H groups in total. The molecule has 0 aromatic heterocycles. The molecule has 2 aromatic carbocycles. The molecular weight excluding hydrogens is 434 g/mol. The number of halogens is 3. The number of anilines is 2. The van der Waals surface area contributed by atoms with Gasteiger partial charge in [-0.1, -0.05) is 15.9 Å². The fourth-order valence-electron chi connectivity index (χ4n) is 2.51. The summed E-state index contributed by atoms with van der Waals surface area (Å²) in [5, 5.41) is 0. The second-order valence-electron chi connectivity index (χ2n) is 5.64. The predicted molar refractivity (Wildman–Crippen MR) is 94.8 cm³/mol. The molecular formula is C16H13BrF2N2O4S. The largest absolute Gasteiger partial charge is 0.477 e. The molecule has 0 fully saturated rings. The van der Waals surface area contributed by atoms with Crippen LogP contribution in [0.5, 0.6) is 5.75 Å². The molecule has 6 nitrogen and oxygen atoms in total. The molecule has 1 aliphatic rings. The summed E-state index contributed by atoms with van der Waals surface area (Å²) in [6, 6.07) is 5.29. The van der Waals surface area contributed by atoms with Gasteiger partial charge < -0.3 is 9.64 Å². The van der Waals surface area contributed by atoms with E-state index in [-0.39, 0.29) is 22.2 Å². The summed E-state index contributed by atoms with van der Waals surface area (Å²) >= 11 is 3.20. The summed E-state index contributed by atoms with van der Waals surface area (Å²) in [5.74, 6) is -2.25. The van der Waals surface area contributed by atoms with Gasteiger partial charge in [0.2, 0.25) is 0 Å². The molecule has 1 heterocycles. The standard InChI is InChI=1S/C16H13BrF2N2O4S/c1-8-16(22)21(2)13-5-9(17)6-14(15(13)25-8)26(23,24)20-12-4-3-10(18)7-11(12)19/h3-8,20H,1-2H3. The van der Waals surface area contributed by atoms with Crippen LogP contribution >= 0.6 is 15.9 Å². The van der Waals surface area contributed by atoms with Crippen molar-refractivity contribution in [2.75, 3.05) is 16.7 Å². The zero-order valence-electron chi connectivity index (χ0n) is 13.6. The lowest BCUT2D eigenvalue weighted by Crippen LogP contribution is -2.42. The second-order valence-corrected chi connectivity index (χ2v) is 8.21. The number of sulfonamides is 1. The lowest BCUT2D eigenvalue weighted by atomic mass is 10.2. The number of amides is 1. The Hall–Kier alpha value is -2.20. The smallest absolute Gasteiger partial charge is 0.267 e. The number of carbonyl (C=O) groups is 1. The minimum absolute atomic E-state index is 0.0298. The first-order valence-electron chi connectivity index (χ1n) is 7.36. The quantitative estimate of drug-likeness (QED) is 0.784. The SMILES string of the molecule is CC1Oc2c(cc(Br)cc2S(=O)(=O)Nc2ccc(F)cc2F)N(C)C1=O. The number of ether oxygens (including phenoxy) is 1. The highest BCUT2D eigenvalue weighted by molar-refractivity contribution is 9.10. The van der Waals surface area contributed by atoms with Crippen molar-refractivity contribution in [3.8, 4) is 5.75 Å². The van der Waals surface area contributed by atoms with Crippen LogP contribution in [-0.4, -0.2) is 27.5 Å². The van der Waals surface area contributed by atoms with Crippen LogP contribution in [0.2, 0.25) is 0 Å². The molecule has 1 unspecified atom stereocenters. The topological polar surface area (TPSA) is 75.7 Å².